The standard InChI is InChI=1S/C19H24N4OS/c24-19(17-4-2-1-3-16(17)18-20-7-8-21-18)23-9-5-15(6-10-23)22-11-13-25-14-12-22/h1-4,7-8,15H,5-6,9-14H2,(H,20,21). The molecule has 25 heavy (non-hydrogen) atoms. The highest BCUT2D eigenvalue weighted by Crippen LogP contribution is 2.25. The number of piperidine rings is 1. The summed E-state index contributed by atoms with van der Waals surface area (Å²) in [5.41, 5.74) is 1.62. The van der Waals surface area contributed by atoms with Gasteiger partial charge in [-0.25, -0.2) is 4.98 Å². The molecule has 6 heteroatoms. The number of carbonyl (C=O) groups excluding carboxylic acids is 1. The summed E-state index contributed by atoms with van der Waals surface area (Å²) in [6.45, 7) is 4.09. The number of H-pyrrole nitrogens is 1. The van der Waals surface area contributed by atoms with Crippen LogP contribution in [0.2, 0.25) is 0 Å². The first-order valence-corrected chi connectivity index (χ1v) is 10.2. The summed E-state index contributed by atoms with van der Waals surface area (Å²) in [4.78, 5) is 25.1. The molecule has 2 aliphatic heterocycles. The molecule has 0 spiro atoms. The molecule has 2 aliphatic rings. The molecule has 0 saturated carbocycles. The van der Waals surface area contributed by atoms with Gasteiger partial charge in [-0.05, 0) is 18.9 Å². The molecule has 2 saturated heterocycles. The Morgan fingerprint density at radius 1 is 1.12 bits per heavy atom. The largest absolute Gasteiger partial charge is 0.345 e. The number of aromatic nitrogens is 2. The zero-order valence-corrected chi connectivity index (χ0v) is 15.2. The minimum absolute atomic E-state index is 0.125. The average Bonchev–Trinajstić information content (AvgIpc) is 3.23. The van der Waals surface area contributed by atoms with E-state index in [1.165, 1.54) is 24.6 Å². The first kappa shape index (κ1) is 16.7. The van der Waals surface area contributed by atoms with Crippen molar-refractivity contribution < 1.29 is 4.79 Å². The molecule has 1 aromatic carbocycles. The van der Waals surface area contributed by atoms with Gasteiger partial charge in [0.2, 0.25) is 0 Å². The molecular weight excluding hydrogens is 332 g/mol. The normalized spacial score (nSPS) is 19.9. The number of amides is 1. The molecule has 0 unspecified atom stereocenters. The van der Waals surface area contributed by atoms with Crippen LogP contribution in [0.4, 0.5) is 0 Å². The highest BCUT2D eigenvalue weighted by molar-refractivity contribution is 7.99. The number of carbonyl (C=O) groups is 1. The van der Waals surface area contributed by atoms with Gasteiger partial charge in [0, 0.05) is 61.7 Å². The van der Waals surface area contributed by atoms with E-state index in [0.717, 1.165) is 42.9 Å². The summed E-state index contributed by atoms with van der Waals surface area (Å²) >= 11 is 2.05. The van der Waals surface area contributed by atoms with Crippen LogP contribution < -0.4 is 0 Å². The van der Waals surface area contributed by atoms with Crippen LogP contribution in [0.25, 0.3) is 11.4 Å². The van der Waals surface area contributed by atoms with Crippen LogP contribution in [0.15, 0.2) is 36.7 Å². The number of rotatable bonds is 3. The summed E-state index contributed by atoms with van der Waals surface area (Å²) in [5, 5.41) is 0. The zero-order chi connectivity index (χ0) is 17.1. The van der Waals surface area contributed by atoms with E-state index in [1.807, 2.05) is 29.2 Å². The van der Waals surface area contributed by atoms with Crippen molar-refractivity contribution in [2.24, 2.45) is 0 Å². The zero-order valence-electron chi connectivity index (χ0n) is 14.4. The molecule has 2 aromatic rings. The monoisotopic (exact) mass is 356 g/mol. The Morgan fingerprint density at radius 3 is 2.60 bits per heavy atom. The fraction of sp³-hybridized carbons (Fsp3) is 0.474. The molecule has 1 N–H and O–H groups in total. The van der Waals surface area contributed by atoms with Crippen molar-refractivity contribution in [1.29, 1.82) is 0 Å². The fourth-order valence-corrected chi connectivity index (χ4v) is 4.77. The molecule has 1 amide bonds. The van der Waals surface area contributed by atoms with Crippen LogP contribution in [0.1, 0.15) is 23.2 Å². The van der Waals surface area contributed by atoms with Crippen LogP contribution in [-0.4, -0.2) is 69.4 Å². The second-order valence-corrected chi connectivity index (χ2v) is 7.88. The van der Waals surface area contributed by atoms with E-state index >= 15 is 0 Å². The van der Waals surface area contributed by atoms with Gasteiger partial charge in [-0.1, -0.05) is 18.2 Å². The van der Waals surface area contributed by atoms with E-state index < -0.39 is 0 Å². The smallest absolute Gasteiger partial charge is 0.254 e. The summed E-state index contributed by atoms with van der Waals surface area (Å²) in [6, 6.07) is 8.40. The first-order chi connectivity index (χ1) is 12.3. The maximum atomic E-state index is 13.1. The molecule has 0 atom stereocenters. The lowest BCUT2D eigenvalue weighted by Crippen LogP contribution is -2.49. The molecule has 5 nitrogen and oxygen atoms in total. The van der Waals surface area contributed by atoms with Gasteiger partial charge in [-0.3, -0.25) is 9.69 Å². The average molecular weight is 356 g/mol. The van der Waals surface area contributed by atoms with Crippen LogP contribution >= 0.6 is 11.8 Å². The molecule has 0 bridgehead atoms. The number of aromatic amines is 1. The lowest BCUT2D eigenvalue weighted by atomic mass is 10.0. The van der Waals surface area contributed by atoms with E-state index in [-0.39, 0.29) is 5.91 Å². The van der Waals surface area contributed by atoms with Crippen molar-refractivity contribution in [2.75, 3.05) is 37.7 Å². The molecule has 132 valence electrons. The summed E-state index contributed by atoms with van der Waals surface area (Å²) in [7, 11) is 0. The van der Waals surface area contributed by atoms with Gasteiger partial charge in [-0.2, -0.15) is 11.8 Å². The predicted octanol–water partition coefficient (Wildman–Crippen LogP) is 2.73. The van der Waals surface area contributed by atoms with Crippen LogP contribution in [0, 0.1) is 0 Å². The second-order valence-electron chi connectivity index (χ2n) is 6.66. The third-order valence-corrected chi connectivity index (χ3v) is 6.17. The number of nitrogens with zero attached hydrogens (tertiary/aromatic N) is 3. The maximum Gasteiger partial charge on any atom is 0.254 e. The van der Waals surface area contributed by atoms with Crippen molar-refractivity contribution in [3.8, 4) is 11.4 Å². The molecule has 2 fully saturated rings. The van der Waals surface area contributed by atoms with Gasteiger partial charge in [-0.15, -0.1) is 0 Å². The molecule has 4 rings (SSSR count). The summed E-state index contributed by atoms with van der Waals surface area (Å²) < 4.78 is 0. The van der Waals surface area contributed by atoms with Gasteiger partial charge < -0.3 is 9.88 Å². The highest BCUT2D eigenvalue weighted by atomic mass is 32.2. The molecular formula is C19H24N4OS. The van der Waals surface area contributed by atoms with E-state index in [1.54, 1.807) is 12.4 Å². The lowest BCUT2D eigenvalue weighted by molar-refractivity contribution is 0.0631. The van der Waals surface area contributed by atoms with E-state index in [4.69, 9.17) is 0 Å². The number of hydrogen-bond acceptors (Lipinski definition) is 4. The Bertz CT molecular complexity index is 704. The van der Waals surface area contributed by atoms with Crippen molar-refractivity contribution in [3.05, 3.63) is 42.2 Å². The molecule has 0 aliphatic carbocycles. The fourth-order valence-electron chi connectivity index (χ4n) is 3.84. The second kappa shape index (κ2) is 7.62. The quantitative estimate of drug-likeness (QED) is 0.919. The first-order valence-electron chi connectivity index (χ1n) is 9.03. The minimum atomic E-state index is 0.125. The molecule has 0 radical (unpaired) electrons. The topological polar surface area (TPSA) is 52.2 Å². The van der Waals surface area contributed by atoms with Gasteiger partial charge >= 0.3 is 0 Å². The Kier molecular flexibility index (Phi) is 5.08. The van der Waals surface area contributed by atoms with Crippen molar-refractivity contribution in [3.63, 3.8) is 0 Å². The minimum Gasteiger partial charge on any atom is -0.345 e. The highest BCUT2D eigenvalue weighted by Gasteiger charge is 2.29. The number of benzene rings is 1. The summed E-state index contributed by atoms with van der Waals surface area (Å²) in [6.07, 6.45) is 5.68. The number of imidazole rings is 1. The van der Waals surface area contributed by atoms with Gasteiger partial charge in [0.25, 0.3) is 5.91 Å². The number of nitrogens with one attached hydrogen (secondary N) is 1. The van der Waals surface area contributed by atoms with Crippen molar-refractivity contribution in [2.45, 2.75) is 18.9 Å². The Balaban J connectivity index is 1.44. The Morgan fingerprint density at radius 2 is 1.88 bits per heavy atom. The number of thioether (sulfide) groups is 1. The van der Waals surface area contributed by atoms with Gasteiger partial charge in [0.15, 0.2) is 0 Å². The Labute approximate surface area is 152 Å². The SMILES string of the molecule is O=C(c1ccccc1-c1ncc[nH]1)N1CCC(N2CCSCC2)CC1. The molecule has 1 aromatic heterocycles. The third kappa shape index (κ3) is 3.60. The van der Waals surface area contributed by atoms with E-state index in [0.29, 0.717) is 6.04 Å². The summed E-state index contributed by atoms with van der Waals surface area (Å²) in [5.74, 6) is 3.37. The third-order valence-electron chi connectivity index (χ3n) is 5.22. The van der Waals surface area contributed by atoms with Crippen LogP contribution in [-0.2, 0) is 0 Å². The predicted molar refractivity (Wildman–Crippen MR) is 102 cm³/mol. The number of likely N-dealkylation sites (tertiary alicyclic amines) is 1. The van der Waals surface area contributed by atoms with Gasteiger partial charge in [0.05, 0.1) is 5.56 Å². The maximum absolute atomic E-state index is 13.1. The van der Waals surface area contributed by atoms with E-state index in [9.17, 15) is 4.79 Å². The van der Waals surface area contributed by atoms with Crippen molar-refractivity contribution >= 4 is 17.7 Å². The van der Waals surface area contributed by atoms with Crippen LogP contribution in [0.3, 0.4) is 0 Å². The van der Waals surface area contributed by atoms with Crippen LogP contribution in [0.5, 0.6) is 0 Å². The van der Waals surface area contributed by atoms with Gasteiger partial charge in [0.1, 0.15) is 5.82 Å². The van der Waals surface area contributed by atoms with E-state index in [2.05, 4.69) is 26.6 Å². The number of hydrogen-bond donors (Lipinski definition) is 1. The van der Waals surface area contributed by atoms with Crippen molar-refractivity contribution in [1.82, 2.24) is 19.8 Å². The Hall–Kier alpha value is -1.79. The lowest BCUT2D eigenvalue weighted by Gasteiger charge is -2.40. The molecule has 3 heterocycles.